The molecular formula is C24H22N2O5. The highest BCUT2D eigenvalue weighted by Crippen LogP contribution is 2.27. The molecule has 1 aliphatic rings. The maximum atomic E-state index is 12.8. The van der Waals surface area contributed by atoms with Gasteiger partial charge in [-0.1, -0.05) is 30.3 Å². The van der Waals surface area contributed by atoms with E-state index in [9.17, 15) is 14.4 Å². The topological polar surface area (TPSA) is 84.9 Å². The van der Waals surface area contributed by atoms with Crippen LogP contribution in [0.4, 0.5) is 11.4 Å². The number of nitrogens with one attached hydrogen (secondary N) is 1. The fourth-order valence-electron chi connectivity index (χ4n) is 3.07. The van der Waals surface area contributed by atoms with E-state index in [1.54, 1.807) is 42.6 Å². The normalized spacial score (nSPS) is 12.9. The van der Waals surface area contributed by atoms with E-state index in [2.05, 4.69) is 5.32 Å². The molecule has 0 saturated carbocycles. The van der Waals surface area contributed by atoms with E-state index < -0.39 is 11.9 Å². The number of allylic oxidation sites excluding steroid dienone is 2. The quantitative estimate of drug-likeness (QED) is 0.745. The SMILES string of the molecule is COC(=O)C1=C(C(=O)OC)N(c2cccc(C(=O)Nc3ccccc3C)c2)C=CC=C1. The standard InChI is InChI=1S/C24H22N2O5/c1-16-9-4-5-13-20(16)25-22(27)17-10-8-11-18(15-17)26-14-7-6-12-19(23(28)30-2)21(26)24(29)31-3/h4-15H,1-3H3,(H,25,27). The molecule has 1 amide bonds. The number of anilines is 2. The lowest BCUT2D eigenvalue weighted by Gasteiger charge is -2.23. The van der Waals surface area contributed by atoms with Gasteiger partial charge in [-0.3, -0.25) is 4.79 Å². The number of benzene rings is 2. The van der Waals surface area contributed by atoms with Crippen molar-refractivity contribution in [2.75, 3.05) is 24.4 Å². The summed E-state index contributed by atoms with van der Waals surface area (Å²) in [6, 6.07) is 14.2. The average molecular weight is 418 g/mol. The van der Waals surface area contributed by atoms with Gasteiger partial charge in [0.25, 0.3) is 5.91 Å². The molecule has 1 heterocycles. The van der Waals surface area contributed by atoms with Gasteiger partial charge in [-0.15, -0.1) is 0 Å². The van der Waals surface area contributed by atoms with Crippen LogP contribution < -0.4 is 10.2 Å². The zero-order chi connectivity index (χ0) is 22.4. The number of rotatable bonds is 5. The summed E-state index contributed by atoms with van der Waals surface area (Å²) in [5.74, 6) is -1.70. The Bertz CT molecular complexity index is 1110. The molecular weight excluding hydrogens is 396 g/mol. The second-order valence-corrected chi connectivity index (χ2v) is 6.64. The summed E-state index contributed by atoms with van der Waals surface area (Å²) in [7, 11) is 2.46. The Kier molecular flexibility index (Phi) is 6.67. The smallest absolute Gasteiger partial charge is 0.355 e. The lowest BCUT2D eigenvalue weighted by atomic mass is 10.1. The third-order valence-corrected chi connectivity index (χ3v) is 4.67. The molecule has 2 aromatic rings. The van der Waals surface area contributed by atoms with Gasteiger partial charge in [0.2, 0.25) is 0 Å². The van der Waals surface area contributed by atoms with Gasteiger partial charge in [0.15, 0.2) is 0 Å². The van der Waals surface area contributed by atoms with Gasteiger partial charge in [-0.25, -0.2) is 9.59 Å². The highest BCUT2D eigenvalue weighted by molar-refractivity contribution is 6.07. The van der Waals surface area contributed by atoms with Gasteiger partial charge < -0.3 is 19.7 Å². The van der Waals surface area contributed by atoms with E-state index in [-0.39, 0.29) is 17.2 Å². The number of amides is 1. The Labute approximate surface area is 180 Å². The van der Waals surface area contributed by atoms with Crippen molar-refractivity contribution in [3.05, 3.63) is 95.4 Å². The van der Waals surface area contributed by atoms with Crippen molar-refractivity contribution >= 4 is 29.2 Å². The second kappa shape index (κ2) is 9.58. The number of hydrogen-bond acceptors (Lipinski definition) is 6. The van der Waals surface area contributed by atoms with E-state index in [0.717, 1.165) is 5.56 Å². The molecule has 158 valence electrons. The van der Waals surface area contributed by atoms with E-state index in [4.69, 9.17) is 9.47 Å². The minimum absolute atomic E-state index is 0.0178. The first kappa shape index (κ1) is 21.6. The summed E-state index contributed by atoms with van der Waals surface area (Å²) in [5, 5.41) is 2.88. The van der Waals surface area contributed by atoms with Crippen LogP contribution in [0.25, 0.3) is 0 Å². The zero-order valence-electron chi connectivity index (χ0n) is 17.4. The van der Waals surface area contributed by atoms with E-state index in [0.29, 0.717) is 16.9 Å². The van der Waals surface area contributed by atoms with Crippen molar-refractivity contribution in [1.29, 1.82) is 0 Å². The molecule has 0 aromatic heterocycles. The van der Waals surface area contributed by atoms with Gasteiger partial charge >= 0.3 is 11.9 Å². The predicted octanol–water partition coefficient (Wildman–Crippen LogP) is 3.74. The molecule has 0 fully saturated rings. The maximum Gasteiger partial charge on any atom is 0.355 e. The molecule has 0 saturated heterocycles. The summed E-state index contributed by atoms with van der Waals surface area (Å²) in [5.41, 5.74) is 2.55. The molecule has 0 spiro atoms. The predicted molar refractivity (Wildman–Crippen MR) is 117 cm³/mol. The number of ether oxygens (including phenoxy) is 2. The van der Waals surface area contributed by atoms with Crippen LogP contribution in [0.1, 0.15) is 15.9 Å². The Morgan fingerprint density at radius 1 is 0.903 bits per heavy atom. The minimum Gasteiger partial charge on any atom is -0.465 e. The van der Waals surface area contributed by atoms with Gasteiger partial charge in [0, 0.05) is 23.1 Å². The molecule has 0 aliphatic carbocycles. The number of hydrogen-bond donors (Lipinski definition) is 1. The monoisotopic (exact) mass is 418 g/mol. The molecule has 31 heavy (non-hydrogen) atoms. The first-order chi connectivity index (χ1) is 15.0. The van der Waals surface area contributed by atoms with Crippen LogP contribution in [-0.2, 0) is 19.1 Å². The van der Waals surface area contributed by atoms with Crippen LogP contribution in [-0.4, -0.2) is 32.1 Å². The number of nitrogens with zero attached hydrogens (tertiary/aromatic N) is 1. The van der Waals surface area contributed by atoms with Crippen molar-refractivity contribution < 1.29 is 23.9 Å². The number of aryl methyl sites for hydroxylation is 1. The zero-order valence-corrected chi connectivity index (χ0v) is 17.4. The Hall–Kier alpha value is -4.13. The number of esters is 2. The van der Waals surface area contributed by atoms with Crippen LogP contribution in [0.2, 0.25) is 0 Å². The lowest BCUT2D eigenvalue weighted by molar-refractivity contribution is -0.139. The Morgan fingerprint density at radius 2 is 1.65 bits per heavy atom. The Morgan fingerprint density at radius 3 is 2.35 bits per heavy atom. The number of para-hydroxylation sites is 1. The van der Waals surface area contributed by atoms with Crippen LogP contribution in [0.5, 0.6) is 0 Å². The molecule has 0 bridgehead atoms. The highest BCUT2D eigenvalue weighted by Gasteiger charge is 2.27. The summed E-state index contributed by atoms with van der Waals surface area (Å²) in [6.45, 7) is 1.91. The van der Waals surface area contributed by atoms with Gasteiger partial charge in [-0.2, -0.15) is 0 Å². The van der Waals surface area contributed by atoms with Crippen LogP contribution in [0.3, 0.4) is 0 Å². The van der Waals surface area contributed by atoms with Crippen molar-refractivity contribution in [1.82, 2.24) is 0 Å². The molecule has 0 radical (unpaired) electrons. The Balaban J connectivity index is 2.01. The van der Waals surface area contributed by atoms with E-state index in [1.807, 2.05) is 31.2 Å². The van der Waals surface area contributed by atoms with E-state index in [1.165, 1.54) is 25.2 Å². The minimum atomic E-state index is -0.716. The number of carbonyl (C=O) groups is 3. The maximum absolute atomic E-state index is 12.8. The summed E-state index contributed by atoms with van der Waals surface area (Å²) < 4.78 is 9.72. The van der Waals surface area contributed by atoms with Crippen molar-refractivity contribution in [3.8, 4) is 0 Å². The van der Waals surface area contributed by atoms with Crippen molar-refractivity contribution in [3.63, 3.8) is 0 Å². The molecule has 1 aliphatic heterocycles. The first-order valence-electron chi connectivity index (χ1n) is 9.48. The number of methoxy groups -OCH3 is 2. The van der Waals surface area contributed by atoms with Crippen molar-refractivity contribution in [2.45, 2.75) is 6.92 Å². The molecule has 3 rings (SSSR count). The van der Waals surface area contributed by atoms with E-state index >= 15 is 0 Å². The molecule has 7 nitrogen and oxygen atoms in total. The third-order valence-electron chi connectivity index (χ3n) is 4.67. The fraction of sp³-hybridized carbons (Fsp3) is 0.125. The molecule has 2 aromatic carbocycles. The van der Waals surface area contributed by atoms with Gasteiger partial charge in [0.1, 0.15) is 5.70 Å². The highest BCUT2D eigenvalue weighted by atomic mass is 16.5. The lowest BCUT2D eigenvalue weighted by Crippen LogP contribution is -2.27. The molecule has 1 N–H and O–H groups in total. The third kappa shape index (κ3) is 4.72. The van der Waals surface area contributed by atoms with Crippen LogP contribution in [0, 0.1) is 6.92 Å². The fourth-order valence-corrected chi connectivity index (χ4v) is 3.07. The first-order valence-corrected chi connectivity index (χ1v) is 9.48. The van der Waals surface area contributed by atoms with Crippen LogP contribution in [0.15, 0.2) is 84.2 Å². The molecule has 0 unspecified atom stereocenters. The van der Waals surface area contributed by atoms with Gasteiger partial charge in [-0.05, 0) is 48.9 Å². The van der Waals surface area contributed by atoms with Gasteiger partial charge in [0.05, 0.1) is 19.8 Å². The largest absolute Gasteiger partial charge is 0.465 e. The summed E-state index contributed by atoms with van der Waals surface area (Å²) in [6.07, 6.45) is 6.36. The number of carbonyl (C=O) groups excluding carboxylic acids is 3. The molecule has 7 heteroatoms. The van der Waals surface area contributed by atoms with Crippen LogP contribution >= 0.6 is 0 Å². The average Bonchev–Trinajstić information content (AvgIpc) is 3.02. The van der Waals surface area contributed by atoms with Crippen molar-refractivity contribution in [2.24, 2.45) is 0 Å². The summed E-state index contributed by atoms with van der Waals surface area (Å²) >= 11 is 0. The summed E-state index contributed by atoms with van der Waals surface area (Å²) in [4.78, 5) is 39.1. The molecule has 0 atom stereocenters. The second-order valence-electron chi connectivity index (χ2n) is 6.64.